The van der Waals surface area contributed by atoms with Crippen molar-refractivity contribution in [1.29, 1.82) is 0 Å². The molecule has 1 nitrogen and oxygen atoms in total. The molecule has 2 aromatic heterocycles. The van der Waals surface area contributed by atoms with E-state index in [1.165, 1.54) is 49.2 Å². The number of para-hydroxylation sites is 1. The monoisotopic (exact) mass is 353 g/mol. The minimum Gasteiger partial charge on any atom is -0.308 e. The van der Waals surface area contributed by atoms with E-state index in [2.05, 4.69) is 101 Å². The summed E-state index contributed by atoms with van der Waals surface area (Å²) in [5.74, 6) is 0. The van der Waals surface area contributed by atoms with Gasteiger partial charge in [-0.25, -0.2) is 0 Å². The summed E-state index contributed by atoms with van der Waals surface area (Å²) < 4.78 is 2.47. The van der Waals surface area contributed by atoms with E-state index in [9.17, 15) is 0 Å². The van der Waals surface area contributed by atoms with E-state index < -0.39 is 0 Å². The van der Waals surface area contributed by atoms with Gasteiger partial charge in [0, 0.05) is 21.5 Å². The molecule has 5 aromatic rings. The maximum Gasteiger partial charge on any atom is 0.0620 e. The molecule has 27 heavy (non-hydrogen) atoms. The predicted molar refractivity (Wildman–Crippen MR) is 119 cm³/mol. The van der Waals surface area contributed by atoms with Crippen molar-refractivity contribution in [3.8, 4) is 0 Å². The lowest BCUT2D eigenvalue weighted by atomic mass is 9.86. The summed E-state index contributed by atoms with van der Waals surface area (Å²) in [4.78, 5) is 0. The van der Waals surface area contributed by atoms with Gasteiger partial charge in [0.25, 0.3) is 0 Å². The molecule has 0 unspecified atom stereocenters. The zero-order valence-electron chi connectivity index (χ0n) is 17.1. The van der Waals surface area contributed by atoms with Crippen molar-refractivity contribution in [3.05, 3.63) is 65.7 Å². The highest BCUT2D eigenvalue weighted by atomic mass is 14.9. The lowest BCUT2D eigenvalue weighted by Gasteiger charge is -2.19. The molecule has 136 valence electrons. The lowest BCUT2D eigenvalue weighted by molar-refractivity contribution is 0.591. The Kier molecular flexibility index (Phi) is 3.10. The molecule has 0 aliphatic rings. The van der Waals surface area contributed by atoms with E-state index in [0.717, 1.165) is 0 Å². The van der Waals surface area contributed by atoms with Crippen molar-refractivity contribution >= 4 is 38.1 Å². The van der Waals surface area contributed by atoms with Crippen LogP contribution in [0.4, 0.5) is 0 Å². The average Bonchev–Trinajstić information content (AvgIpc) is 3.11. The van der Waals surface area contributed by atoms with Crippen LogP contribution in [0.3, 0.4) is 0 Å². The summed E-state index contributed by atoms with van der Waals surface area (Å²) in [6.07, 6.45) is 0. The Morgan fingerprint density at radius 1 is 0.556 bits per heavy atom. The van der Waals surface area contributed by atoms with Crippen molar-refractivity contribution in [1.82, 2.24) is 4.40 Å². The molecule has 0 N–H and O–H groups in total. The van der Waals surface area contributed by atoms with Crippen molar-refractivity contribution in [2.24, 2.45) is 0 Å². The molecule has 0 saturated carbocycles. The van der Waals surface area contributed by atoms with Crippen molar-refractivity contribution < 1.29 is 0 Å². The van der Waals surface area contributed by atoms with Gasteiger partial charge in [-0.2, -0.15) is 0 Å². The Morgan fingerprint density at radius 2 is 1.00 bits per heavy atom. The van der Waals surface area contributed by atoms with Crippen LogP contribution < -0.4 is 0 Å². The Labute approximate surface area is 160 Å². The summed E-state index contributed by atoms with van der Waals surface area (Å²) >= 11 is 0. The second-order valence-corrected chi connectivity index (χ2v) is 10.0. The van der Waals surface area contributed by atoms with Crippen LogP contribution >= 0.6 is 0 Å². The van der Waals surface area contributed by atoms with E-state index >= 15 is 0 Å². The number of rotatable bonds is 0. The molecule has 3 aromatic carbocycles. The quantitative estimate of drug-likeness (QED) is 0.273. The smallest absolute Gasteiger partial charge is 0.0620 e. The van der Waals surface area contributed by atoms with Gasteiger partial charge in [0.2, 0.25) is 0 Å². The topological polar surface area (TPSA) is 4.41 Å². The molecule has 0 saturated heterocycles. The molecule has 0 atom stereocenters. The number of aromatic nitrogens is 1. The molecular formula is C26H27N. The summed E-state index contributed by atoms with van der Waals surface area (Å²) in [7, 11) is 0. The highest BCUT2D eigenvalue weighted by Gasteiger charge is 2.21. The zero-order valence-corrected chi connectivity index (χ0v) is 17.1. The fraction of sp³-hybridized carbons (Fsp3) is 0.308. The highest BCUT2D eigenvalue weighted by molar-refractivity contribution is 6.23. The van der Waals surface area contributed by atoms with Crippen LogP contribution in [0.5, 0.6) is 0 Å². The minimum absolute atomic E-state index is 0.157. The van der Waals surface area contributed by atoms with Gasteiger partial charge in [0.05, 0.1) is 16.6 Å². The van der Waals surface area contributed by atoms with E-state index in [1.54, 1.807) is 0 Å². The Hall–Kier alpha value is -2.54. The third-order valence-electron chi connectivity index (χ3n) is 6.05. The highest BCUT2D eigenvalue weighted by Crippen LogP contribution is 2.41. The normalized spacial score (nSPS) is 13.6. The predicted octanol–water partition coefficient (Wildman–Crippen LogP) is 7.43. The third-order valence-corrected chi connectivity index (χ3v) is 6.05. The van der Waals surface area contributed by atoms with Crippen molar-refractivity contribution in [2.45, 2.75) is 52.4 Å². The fourth-order valence-electron chi connectivity index (χ4n) is 4.42. The second kappa shape index (κ2) is 5.04. The van der Waals surface area contributed by atoms with Crippen LogP contribution in [0, 0.1) is 0 Å². The average molecular weight is 354 g/mol. The van der Waals surface area contributed by atoms with Crippen LogP contribution in [-0.2, 0) is 10.8 Å². The largest absolute Gasteiger partial charge is 0.308 e. The SMILES string of the molecule is CC(C)(C)c1ccc2c(c1)c1cccc3c4cc(C(C)(C)C)ccc4n2c13. The van der Waals surface area contributed by atoms with Gasteiger partial charge in [-0.05, 0) is 46.2 Å². The Morgan fingerprint density at radius 3 is 1.41 bits per heavy atom. The second-order valence-electron chi connectivity index (χ2n) is 10.0. The molecule has 2 heterocycles. The van der Waals surface area contributed by atoms with Crippen LogP contribution in [-0.4, -0.2) is 4.40 Å². The lowest BCUT2D eigenvalue weighted by Crippen LogP contribution is -2.10. The molecule has 0 radical (unpaired) electrons. The maximum absolute atomic E-state index is 2.47. The number of hydrogen-bond acceptors (Lipinski definition) is 0. The maximum atomic E-state index is 2.47. The Bertz CT molecular complexity index is 1220. The molecule has 0 bridgehead atoms. The van der Waals surface area contributed by atoms with Crippen LogP contribution in [0.25, 0.3) is 38.1 Å². The van der Waals surface area contributed by atoms with E-state index in [-0.39, 0.29) is 10.8 Å². The van der Waals surface area contributed by atoms with Crippen molar-refractivity contribution in [3.63, 3.8) is 0 Å². The molecule has 0 aliphatic carbocycles. The molecule has 5 rings (SSSR count). The summed E-state index contributed by atoms with van der Waals surface area (Å²) in [6, 6.07) is 20.8. The minimum atomic E-state index is 0.157. The van der Waals surface area contributed by atoms with Gasteiger partial charge in [-0.15, -0.1) is 0 Å². The molecular weight excluding hydrogens is 326 g/mol. The Balaban J connectivity index is 1.96. The van der Waals surface area contributed by atoms with Gasteiger partial charge < -0.3 is 4.40 Å². The number of hydrogen-bond donors (Lipinski definition) is 0. The molecule has 0 aliphatic heterocycles. The number of nitrogens with zero attached hydrogens (tertiary/aromatic N) is 1. The van der Waals surface area contributed by atoms with E-state index in [1.807, 2.05) is 0 Å². The standard InChI is InChI=1S/C26H27N/c1-25(2,3)16-10-12-22-20(14-16)18-8-7-9-19-21-15-17(26(4,5)6)11-13-23(21)27(22)24(18)19/h7-15H,1-6H3. The van der Waals surface area contributed by atoms with Crippen LogP contribution in [0.15, 0.2) is 54.6 Å². The molecule has 1 heteroatoms. The summed E-state index contributed by atoms with van der Waals surface area (Å²) in [6.45, 7) is 13.7. The van der Waals surface area contributed by atoms with Crippen LogP contribution in [0.2, 0.25) is 0 Å². The first-order valence-electron chi connectivity index (χ1n) is 9.89. The number of fused-ring (bicyclic) bond motifs is 6. The fourth-order valence-corrected chi connectivity index (χ4v) is 4.42. The first kappa shape index (κ1) is 16.6. The summed E-state index contributed by atoms with van der Waals surface area (Å²) in [5, 5.41) is 5.46. The van der Waals surface area contributed by atoms with E-state index in [0.29, 0.717) is 0 Å². The summed E-state index contributed by atoms with van der Waals surface area (Å²) in [5.41, 5.74) is 7.08. The van der Waals surface area contributed by atoms with E-state index in [4.69, 9.17) is 0 Å². The first-order chi connectivity index (χ1) is 12.7. The van der Waals surface area contributed by atoms with Crippen molar-refractivity contribution in [2.75, 3.05) is 0 Å². The third kappa shape index (κ3) is 2.24. The van der Waals surface area contributed by atoms with Crippen LogP contribution in [0.1, 0.15) is 52.7 Å². The first-order valence-corrected chi connectivity index (χ1v) is 9.89. The zero-order chi connectivity index (χ0) is 19.1. The molecule has 0 spiro atoms. The van der Waals surface area contributed by atoms with Gasteiger partial charge in [-0.3, -0.25) is 0 Å². The van der Waals surface area contributed by atoms with Gasteiger partial charge in [0.15, 0.2) is 0 Å². The molecule has 0 amide bonds. The molecule has 0 fully saturated rings. The number of benzene rings is 3. The van der Waals surface area contributed by atoms with Gasteiger partial charge >= 0.3 is 0 Å². The van der Waals surface area contributed by atoms with Gasteiger partial charge in [0.1, 0.15) is 0 Å². The van der Waals surface area contributed by atoms with Gasteiger partial charge in [-0.1, -0.05) is 71.9 Å².